The summed E-state index contributed by atoms with van der Waals surface area (Å²) < 4.78 is 10.7. The maximum atomic E-state index is 11.6. The molecule has 0 unspecified atom stereocenters. The molecule has 0 saturated heterocycles. The van der Waals surface area contributed by atoms with Crippen molar-refractivity contribution in [3.63, 3.8) is 0 Å². The van der Waals surface area contributed by atoms with Crippen LogP contribution in [0.3, 0.4) is 0 Å². The van der Waals surface area contributed by atoms with E-state index in [9.17, 15) is 4.79 Å². The van der Waals surface area contributed by atoms with Gasteiger partial charge in [-0.1, -0.05) is 11.6 Å². The van der Waals surface area contributed by atoms with Gasteiger partial charge in [-0.05, 0) is 45.0 Å². The molecule has 0 bridgehead atoms. The molecule has 1 N–H and O–H groups in total. The Bertz CT molecular complexity index is 654. The van der Waals surface area contributed by atoms with E-state index in [0.717, 1.165) is 0 Å². The Morgan fingerprint density at radius 1 is 1.18 bits per heavy atom. The summed E-state index contributed by atoms with van der Waals surface area (Å²) >= 11 is 5.73. The van der Waals surface area contributed by atoms with E-state index in [0.29, 0.717) is 17.3 Å². The van der Waals surface area contributed by atoms with Gasteiger partial charge in [-0.3, -0.25) is 10.3 Å². The van der Waals surface area contributed by atoms with Crippen LogP contribution >= 0.6 is 11.6 Å². The van der Waals surface area contributed by atoms with Crippen LogP contribution in [0.2, 0.25) is 5.15 Å². The molecule has 0 atom stereocenters. The van der Waals surface area contributed by atoms with Crippen LogP contribution in [0.25, 0.3) is 0 Å². The summed E-state index contributed by atoms with van der Waals surface area (Å²) in [7, 11) is 0. The molecule has 6 nitrogen and oxygen atoms in total. The van der Waals surface area contributed by atoms with Crippen molar-refractivity contribution in [2.24, 2.45) is 0 Å². The zero-order chi connectivity index (χ0) is 16.2. The second-order valence-corrected chi connectivity index (χ2v) is 5.82. The average molecular weight is 322 g/mol. The lowest BCUT2D eigenvalue weighted by Crippen LogP contribution is -2.27. The molecule has 0 aliphatic heterocycles. The van der Waals surface area contributed by atoms with Gasteiger partial charge in [-0.2, -0.15) is 4.98 Å². The van der Waals surface area contributed by atoms with Crippen molar-refractivity contribution in [3.05, 3.63) is 41.8 Å². The molecule has 0 aliphatic carbocycles. The first-order chi connectivity index (χ1) is 10.3. The van der Waals surface area contributed by atoms with Crippen LogP contribution in [-0.4, -0.2) is 21.7 Å². The first kappa shape index (κ1) is 16.0. The summed E-state index contributed by atoms with van der Waals surface area (Å²) in [5, 5.41) is 2.88. The predicted octanol–water partition coefficient (Wildman–Crippen LogP) is 4.27. The summed E-state index contributed by atoms with van der Waals surface area (Å²) in [6.07, 6.45) is 2.36. The van der Waals surface area contributed by atoms with Crippen molar-refractivity contribution in [2.45, 2.75) is 26.4 Å². The number of carbonyl (C=O) groups excluding carboxylic acids is 1. The van der Waals surface area contributed by atoms with E-state index in [-0.39, 0.29) is 5.15 Å². The molecular weight excluding hydrogens is 306 g/mol. The molecule has 1 amide bonds. The minimum Gasteiger partial charge on any atom is -0.444 e. The fourth-order valence-corrected chi connectivity index (χ4v) is 1.66. The van der Waals surface area contributed by atoms with Gasteiger partial charge in [-0.15, -0.1) is 0 Å². The van der Waals surface area contributed by atoms with E-state index in [4.69, 9.17) is 21.1 Å². The van der Waals surface area contributed by atoms with E-state index in [1.54, 1.807) is 45.0 Å². The maximum Gasteiger partial charge on any atom is 0.412 e. The van der Waals surface area contributed by atoms with Crippen molar-refractivity contribution in [2.75, 3.05) is 5.32 Å². The van der Waals surface area contributed by atoms with Crippen LogP contribution in [-0.2, 0) is 4.74 Å². The van der Waals surface area contributed by atoms with Gasteiger partial charge in [0.2, 0.25) is 5.88 Å². The second-order valence-electron chi connectivity index (χ2n) is 5.43. The molecule has 22 heavy (non-hydrogen) atoms. The van der Waals surface area contributed by atoms with Gasteiger partial charge in [0.25, 0.3) is 0 Å². The number of rotatable bonds is 3. The highest BCUT2D eigenvalue weighted by Crippen LogP contribution is 2.22. The van der Waals surface area contributed by atoms with Crippen molar-refractivity contribution < 1.29 is 14.3 Å². The Morgan fingerprint density at radius 3 is 2.45 bits per heavy atom. The number of hydrogen-bond donors (Lipinski definition) is 1. The summed E-state index contributed by atoms with van der Waals surface area (Å²) in [4.78, 5) is 19.5. The van der Waals surface area contributed by atoms with Crippen LogP contribution in [0.15, 0.2) is 36.7 Å². The lowest BCUT2D eigenvalue weighted by atomic mass is 10.2. The highest BCUT2D eigenvalue weighted by atomic mass is 35.5. The van der Waals surface area contributed by atoms with Crippen LogP contribution < -0.4 is 10.1 Å². The first-order valence-electron chi connectivity index (χ1n) is 6.57. The molecule has 116 valence electrons. The van der Waals surface area contributed by atoms with Crippen molar-refractivity contribution in [1.82, 2.24) is 9.97 Å². The van der Waals surface area contributed by atoms with Gasteiger partial charge >= 0.3 is 6.09 Å². The molecule has 2 aromatic rings. The Labute approximate surface area is 133 Å². The Hall–Kier alpha value is -2.34. The van der Waals surface area contributed by atoms with E-state index < -0.39 is 11.7 Å². The van der Waals surface area contributed by atoms with Crippen molar-refractivity contribution >= 4 is 23.4 Å². The molecule has 1 heterocycles. The number of carbonyl (C=O) groups is 1. The minimum absolute atomic E-state index is 0.251. The summed E-state index contributed by atoms with van der Waals surface area (Å²) in [6.45, 7) is 5.40. The van der Waals surface area contributed by atoms with Gasteiger partial charge in [-0.25, -0.2) is 4.79 Å². The molecular formula is C15H16ClN3O3. The fourth-order valence-electron chi connectivity index (χ4n) is 1.52. The normalized spacial score (nSPS) is 10.9. The largest absolute Gasteiger partial charge is 0.444 e. The number of halogens is 1. The van der Waals surface area contributed by atoms with Crippen LogP contribution in [0.5, 0.6) is 11.6 Å². The molecule has 0 radical (unpaired) electrons. The molecule has 1 aromatic carbocycles. The number of hydrogen-bond acceptors (Lipinski definition) is 5. The Morgan fingerprint density at radius 2 is 1.86 bits per heavy atom. The highest BCUT2D eigenvalue weighted by molar-refractivity contribution is 6.29. The molecule has 0 aliphatic rings. The maximum absolute atomic E-state index is 11.6. The van der Waals surface area contributed by atoms with Gasteiger partial charge in [0.1, 0.15) is 11.4 Å². The van der Waals surface area contributed by atoms with Crippen molar-refractivity contribution in [3.8, 4) is 11.6 Å². The monoisotopic (exact) mass is 321 g/mol. The van der Waals surface area contributed by atoms with Gasteiger partial charge in [0.05, 0.1) is 12.4 Å². The zero-order valence-corrected chi connectivity index (χ0v) is 13.2. The topological polar surface area (TPSA) is 73.3 Å². The SMILES string of the molecule is CC(C)(C)OC(=O)Nc1ccc(Oc2cncc(Cl)n2)cc1. The first-order valence-corrected chi connectivity index (χ1v) is 6.95. The zero-order valence-electron chi connectivity index (χ0n) is 12.5. The number of ether oxygens (including phenoxy) is 2. The van der Waals surface area contributed by atoms with Crippen molar-refractivity contribution in [1.29, 1.82) is 0 Å². The number of anilines is 1. The number of aromatic nitrogens is 2. The standard InChI is InChI=1S/C15H16ClN3O3/c1-15(2,3)22-14(20)18-10-4-6-11(7-5-10)21-13-9-17-8-12(16)19-13/h4-9H,1-3H3,(H,18,20). The molecule has 7 heteroatoms. The number of nitrogens with zero attached hydrogens (tertiary/aromatic N) is 2. The van der Waals surface area contributed by atoms with E-state index in [1.807, 2.05) is 0 Å². The molecule has 0 spiro atoms. The lowest BCUT2D eigenvalue weighted by molar-refractivity contribution is 0.0636. The predicted molar refractivity (Wildman–Crippen MR) is 83.4 cm³/mol. The average Bonchev–Trinajstić information content (AvgIpc) is 2.39. The third-order valence-corrected chi connectivity index (χ3v) is 2.49. The number of nitrogens with one attached hydrogen (secondary N) is 1. The lowest BCUT2D eigenvalue weighted by Gasteiger charge is -2.19. The Balaban J connectivity index is 1.97. The van der Waals surface area contributed by atoms with Crippen LogP contribution in [0, 0.1) is 0 Å². The summed E-state index contributed by atoms with van der Waals surface area (Å²) in [5.41, 5.74) is 0.0528. The smallest absolute Gasteiger partial charge is 0.412 e. The molecule has 0 saturated carbocycles. The summed E-state index contributed by atoms with van der Waals surface area (Å²) in [6, 6.07) is 6.76. The van der Waals surface area contributed by atoms with Gasteiger partial charge in [0.15, 0.2) is 5.15 Å². The van der Waals surface area contributed by atoms with Gasteiger partial charge in [0, 0.05) is 5.69 Å². The van der Waals surface area contributed by atoms with E-state index in [2.05, 4.69) is 15.3 Å². The Kier molecular flexibility index (Phi) is 4.82. The van der Waals surface area contributed by atoms with Crippen LogP contribution in [0.4, 0.5) is 10.5 Å². The quantitative estimate of drug-likeness (QED) is 0.913. The van der Waals surface area contributed by atoms with Crippen LogP contribution in [0.1, 0.15) is 20.8 Å². The van der Waals surface area contributed by atoms with E-state index >= 15 is 0 Å². The number of benzene rings is 1. The molecule has 0 fully saturated rings. The highest BCUT2D eigenvalue weighted by Gasteiger charge is 2.16. The third kappa shape index (κ3) is 5.21. The molecule has 1 aromatic heterocycles. The summed E-state index contributed by atoms with van der Waals surface area (Å²) in [5.74, 6) is 0.839. The minimum atomic E-state index is -0.543. The molecule has 2 rings (SSSR count). The fraction of sp³-hybridized carbons (Fsp3) is 0.267. The van der Waals surface area contributed by atoms with Gasteiger partial charge < -0.3 is 9.47 Å². The second kappa shape index (κ2) is 6.62. The third-order valence-electron chi connectivity index (χ3n) is 2.31. The number of amides is 1. The van der Waals surface area contributed by atoms with E-state index in [1.165, 1.54) is 12.4 Å².